The fraction of sp³-hybridized carbons (Fsp3) is 0.333. The van der Waals surface area contributed by atoms with Crippen molar-refractivity contribution in [3.63, 3.8) is 0 Å². The van der Waals surface area contributed by atoms with Crippen molar-refractivity contribution >= 4 is 17.2 Å². The molecule has 0 atom stereocenters. The molecule has 0 radical (unpaired) electrons. The highest BCUT2D eigenvalue weighted by molar-refractivity contribution is 5.84. The van der Waals surface area contributed by atoms with Gasteiger partial charge in [-0.05, 0) is 31.2 Å². The van der Waals surface area contributed by atoms with Crippen LogP contribution in [0.25, 0.3) is 10.8 Å². The number of fused-ring (bicyclic) bond motifs is 1. The second-order valence-corrected chi connectivity index (χ2v) is 4.24. The number of aromatic nitrogens is 1. The quantitative estimate of drug-likeness (QED) is 0.776. The molecule has 0 spiro atoms. The van der Waals surface area contributed by atoms with Crippen LogP contribution in [0.2, 0.25) is 0 Å². The molecule has 0 saturated heterocycles. The monoisotopic (exact) mass is 243 g/mol. The van der Waals surface area contributed by atoms with Crippen molar-refractivity contribution in [2.75, 3.05) is 6.61 Å². The Morgan fingerprint density at radius 3 is 2.72 bits per heavy atom. The van der Waals surface area contributed by atoms with Gasteiger partial charge in [0.1, 0.15) is 0 Å². The molecule has 1 saturated carbocycles. The summed E-state index contributed by atoms with van der Waals surface area (Å²) in [5, 5.41) is 2.66. The van der Waals surface area contributed by atoms with Crippen LogP contribution < -0.4 is 0 Å². The number of nitrogens with zero attached hydrogens (tertiary/aromatic N) is 1. The number of carbonyl (C=O) groups excluding carboxylic acids is 1. The van der Waals surface area contributed by atoms with E-state index in [0.29, 0.717) is 13.1 Å². The van der Waals surface area contributed by atoms with Crippen LogP contribution >= 0.6 is 0 Å². The summed E-state index contributed by atoms with van der Waals surface area (Å²) < 4.78 is 4.15. The van der Waals surface area contributed by atoms with Gasteiger partial charge in [-0.1, -0.05) is 24.3 Å². The van der Waals surface area contributed by atoms with Crippen molar-refractivity contribution in [2.45, 2.75) is 25.7 Å². The van der Waals surface area contributed by atoms with Crippen molar-refractivity contribution in [2.24, 2.45) is 0 Å². The van der Waals surface area contributed by atoms with Gasteiger partial charge >= 0.3 is 0 Å². The van der Waals surface area contributed by atoms with Crippen LogP contribution in [0.5, 0.6) is 0 Å². The minimum atomic E-state index is 0.431. The fourth-order valence-corrected chi connectivity index (χ4v) is 1.89. The molecule has 18 heavy (non-hydrogen) atoms. The van der Waals surface area contributed by atoms with Crippen molar-refractivity contribution in [3.05, 3.63) is 42.2 Å². The van der Waals surface area contributed by atoms with Crippen molar-refractivity contribution < 1.29 is 9.53 Å². The Bertz CT molecular complexity index is 515. The van der Waals surface area contributed by atoms with Crippen LogP contribution in [0.15, 0.2) is 36.5 Å². The van der Waals surface area contributed by atoms with E-state index < -0.39 is 0 Å². The van der Waals surface area contributed by atoms with E-state index in [1.54, 1.807) is 6.92 Å². The lowest BCUT2D eigenvalue weighted by Gasteiger charge is -2.02. The first-order valence-corrected chi connectivity index (χ1v) is 6.25. The molecule has 1 aliphatic carbocycles. The van der Waals surface area contributed by atoms with Gasteiger partial charge < -0.3 is 4.74 Å². The smallest absolute Gasteiger partial charge is 0.293 e. The standard InChI is InChI=1S/C12H11N.C3H6O2/c1-2-4-11-9(3-1)7-8-13-12(11)10-5-6-10;1-2-5-3-4/h1-4,7-8,10H,5-6H2;3H,2H2,1H3. The zero-order valence-corrected chi connectivity index (χ0v) is 10.5. The van der Waals surface area contributed by atoms with Crippen molar-refractivity contribution in [1.29, 1.82) is 0 Å². The third-order valence-electron chi connectivity index (χ3n) is 2.90. The van der Waals surface area contributed by atoms with Gasteiger partial charge in [-0.15, -0.1) is 0 Å². The number of pyridine rings is 1. The van der Waals surface area contributed by atoms with Crippen LogP contribution in [0, 0.1) is 0 Å². The molecule has 0 unspecified atom stereocenters. The minimum absolute atomic E-state index is 0.431. The van der Waals surface area contributed by atoms with E-state index >= 15 is 0 Å². The molecule has 0 bridgehead atoms. The number of benzene rings is 1. The van der Waals surface area contributed by atoms with E-state index in [0.717, 1.165) is 5.92 Å². The number of hydrogen-bond acceptors (Lipinski definition) is 3. The molecular formula is C15H17NO2. The summed E-state index contributed by atoms with van der Waals surface area (Å²) in [6.07, 6.45) is 4.57. The summed E-state index contributed by atoms with van der Waals surface area (Å²) in [7, 11) is 0. The number of carbonyl (C=O) groups is 1. The Morgan fingerprint density at radius 1 is 1.33 bits per heavy atom. The molecule has 0 amide bonds. The van der Waals surface area contributed by atoms with E-state index in [9.17, 15) is 4.79 Å². The van der Waals surface area contributed by atoms with Gasteiger partial charge in [0.05, 0.1) is 12.3 Å². The molecule has 1 aromatic carbocycles. The minimum Gasteiger partial charge on any atom is -0.468 e. The lowest BCUT2D eigenvalue weighted by Crippen LogP contribution is -1.87. The summed E-state index contributed by atoms with van der Waals surface area (Å²) >= 11 is 0. The molecule has 1 aliphatic rings. The fourth-order valence-electron chi connectivity index (χ4n) is 1.89. The second-order valence-electron chi connectivity index (χ2n) is 4.24. The maximum Gasteiger partial charge on any atom is 0.293 e. The molecule has 0 N–H and O–H groups in total. The normalized spacial score (nSPS) is 13.6. The van der Waals surface area contributed by atoms with Gasteiger partial charge in [0.2, 0.25) is 0 Å². The second kappa shape index (κ2) is 6.15. The highest BCUT2D eigenvalue weighted by Gasteiger charge is 2.26. The SMILES string of the molecule is CCOC=O.c1ccc2c(C3CC3)nccc2c1. The largest absolute Gasteiger partial charge is 0.468 e. The van der Waals surface area contributed by atoms with Crippen LogP contribution in [0.1, 0.15) is 31.4 Å². The van der Waals surface area contributed by atoms with Gasteiger partial charge in [0.15, 0.2) is 0 Å². The summed E-state index contributed by atoms with van der Waals surface area (Å²) in [6, 6.07) is 10.6. The summed E-state index contributed by atoms with van der Waals surface area (Å²) in [6.45, 7) is 2.66. The molecule has 3 heteroatoms. The van der Waals surface area contributed by atoms with Crippen LogP contribution in [0.4, 0.5) is 0 Å². The highest BCUT2D eigenvalue weighted by atomic mass is 16.5. The van der Waals surface area contributed by atoms with E-state index in [4.69, 9.17) is 0 Å². The van der Waals surface area contributed by atoms with Crippen LogP contribution in [-0.4, -0.2) is 18.1 Å². The molecule has 3 rings (SSSR count). The van der Waals surface area contributed by atoms with Gasteiger partial charge in [0.25, 0.3) is 6.47 Å². The van der Waals surface area contributed by atoms with Crippen molar-refractivity contribution in [1.82, 2.24) is 4.98 Å². The van der Waals surface area contributed by atoms with E-state index in [2.05, 4.69) is 40.1 Å². The molecule has 1 fully saturated rings. The molecule has 3 nitrogen and oxygen atoms in total. The highest BCUT2D eigenvalue weighted by Crippen LogP contribution is 2.41. The van der Waals surface area contributed by atoms with Gasteiger partial charge in [-0.3, -0.25) is 9.78 Å². The van der Waals surface area contributed by atoms with Crippen LogP contribution in [0.3, 0.4) is 0 Å². The third kappa shape index (κ3) is 3.06. The summed E-state index contributed by atoms with van der Waals surface area (Å²) in [5.41, 5.74) is 1.30. The predicted octanol–water partition coefficient (Wildman–Crippen LogP) is 3.29. The lowest BCUT2D eigenvalue weighted by molar-refractivity contribution is -0.128. The van der Waals surface area contributed by atoms with Gasteiger partial charge in [0, 0.05) is 17.5 Å². The number of hydrogen-bond donors (Lipinski definition) is 0. The maximum atomic E-state index is 9.18. The van der Waals surface area contributed by atoms with Crippen LogP contribution in [-0.2, 0) is 9.53 Å². The molecule has 1 heterocycles. The Morgan fingerprint density at radius 2 is 2.11 bits per heavy atom. The van der Waals surface area contributed by atoms with Gasteiger partial charge in [-0.25, -0.2) is 0 Å². The average Bonchev–Trinajstić information content (AvgIpc) is 3.24. The Labute approximate surface area is 107 Å². The predicted molar refractivity (Wildman–Crippen MR) is 71.4 cm³/mol. The molecule has 0 aliphatic heterocycles. The lowest BCUT2D eigenvalue weighted by atomic mass is 10.1. The average molecular weight is 243 g/mol. The zero-order valence-electron chi connectivity index (χ0n) is 10.5. The number of rotatable bonds is 3. The van der Waals surface area contributed by atoms with Gasteiger partial charge in [-0.2, -0.15) is 0 Å². The molecule has 1 aromatic heterocycles. The van der Waals surface area contributed by atoms with E-state index in [1.165, 1.54) is 29.3 Å². The maximum absolute atomic E-state index is 9.18. The molecular weight excluding hydrogens is 226 g/mol. The zero-order chi connectivity index (χ0) is 12.8. The molecule has 2 aromatic rings. The molecule has 94 valence electrons. The number of ether oxygens (including phenoxy) is 1. The summed E-state index contributed by atoms with van der Waals surface area (Å²) in [5.74, 6) is 0.742. The van der Waals surface area contributed by atoms with E-state index in [-0.39, 0.29) is 0 Å². The topological polar surface area (TPSA) is 39.2 Å². The third-order valence-corrected chi connectivity index (χ3v) is 2.90. The first-order valence-electron chi connectivity index (χ1n) is 6.25. The Balaban J connectivity index is 0.000000209. The Kier molecular flexibility index (Phi) is 4.29. The summed E-state index contributed by atoms with van der Waals surface area (Å²) in [4.78, 5) is 13.7. The van der Waals surface area contributed by atoms with E-state index in [1.807, 2.05) is 6.20 Å². The van der Waals surface area contributed by atoms with Crippen molar-refractivity contribution in [3.8, 4) is 0 Å². The Hall–Kier alpha value is -1.90. The first-order chi connectivity index (χ1) is 8.86. The first kappa shape index (κ1) is 12.6.